The Kier molecular flexibility index (Phi) is 8.19. The van der Waals surface area contributed by atoms with Gasteiger partial charge in [0.2, 0.25) is 5.16 Å². The topological polar surface area (TPSA) is 128 Å². The van der Waals surface area contributed by atoms with Crippen LogP contribution in [0.1, 0.15) is 47.1 Å². The Labute approximate surface area is 216 Å². The molecule has 1 N–H and O–H groups in total. The molecule has 190 valence electrons. The summed E-state index contributed by atoms with van der Waals surface area (Å²) >= 11 is 0. The third-order valence-corrected chi connectivity index (χ3v) is 7.26. The van der Waals surface area contributed by atoms with Gasteiger partial charge in [-0.25, -0.2) is 4.79 Å². The number of aromatic carboxylic acids is 1. The largest absolute Gasteiger partial charge is 0.478 e. The zero-order valence-corrected chi connectivity index (χ0v) is 21.1. The van der Waals surface area contributed by atoms with Crippen LogP contribution in [0.3, 0.4) is 0 Å². The van der Waals surface area contributed by atoms with Crippen LogP contribution >= 0.6 is 0 Å². The Morgan fingerprint density at radius 3 is 2.32 bits per heavy atom. The monoisotopic (exact) mass is 518 g/mol. The van der Waals surface area contributed by atoms with Gasteiger partial charge in [0.05, 0.1) is 33.6 Å². The van der Waals surface area contributed by atoms with Crippen LogP contribution < -0.4 is 0 Å². The van der Waals surface area contributed by atoms with Crippen LogP contribution in [-0.4, -0.2) is 35.0 Å². The average molecular weight is 519 g/mol. The zero-order chi connectivity index (χ0) is 26.4. The van der Waals surface area contributed by atoms with E-state index < -0.39 is 21.7 Å². The van der Waals surface area contributed by atoms with E-state index in [0.717, 1.165) is 29.8 Å². The van der Waals surface area contributed by atoms with E-state index in [2.05, 4.69) is 17.1 Å². The molecule has 4 rings (SSSR count). The molecule has 37 heavy (non-hydrogen) atoms. The molecule has 0 fully saturated rings. The third kappa shape index (κ3) is 6.15. The van der Waals surface area contributed by atoms with E-state index in [1.54, 1.807) is 36.4 Å². The number of hydrogen-bond acceptors (Lipinski definition) is 6. The standard InChI is InChI=1S/C27H26N4O5S/c1-2-3-8-25-28-29-27(37(36)18-20-11-15-22(16-12-20)31(34)35)30(25)17-19-9-13-21(14-10-19)23-6-4-5-7-24(23)26(32)33/h4-7,9-16H,2-3,8,17-18H2,1H3,(H,32,33). The summed E-state index contributed by atoms with van der Waals surface area (Å²) in [5.74, 6) is -0.0754. The lowest BCUT2D eigenvalue weighted by Crippen LogP contribution is -2.12. The van der Waals surface area contributed by atoms with Gasteiger partial charge in [-0.15, -0.1) is 10.2 Å². The smallest absolute Gasteiger partial charge is 0.336 e. The molecule has 0 aliphatic heterocycles. The van der Waals surface area contributed by atoms with Crippen LogP contribution in [0.4, 0.5) is 5.69 Å². The summed E-state index contributed by atoms with van der Waals surface area (Å²) in [6, 6.07) is 20.4. The molecule has 0 spiro atoms. The third-order valence-electron chi connectivity index (χ3n) is 5.96. The van der Waals surface area contributed by atoms with Crippen LogP contribution in [0.15, 0.2) is 78.0 Å². The molecule has 1 unspecified atom stereocenters. The number of nitro benzene ring substituents is 1. The predicted octanol–water partition coefficient (Wildman–Crippen LogP) is 5.25. The van der Waals surface area contributed by atoms with Gasteiger partial charge in [-0.3, -0.25) is 18.9 Å². The number of carboxylic acid groups (broad SMARTS) is 1. The molecule has 1 atom stereocenters. The molecule has 10 heteroatoms. The quantitative estimate of drug-likeness (QED) is 0.212. The van der Waals surface area contributed by atoms with E-state index in [1.807, 2.05) is 28.8 Å². The number of nitrogens with zero attached hydrogens (tertiary/aromatic N) is 4. The van der Waals surface area contributed by atoms with Crippen LogP contribution in [0.5, 0.6) is 0 Å². The molecule has 3 aromatic carbocycles. The normalized spacial score (nSPS) is 11.8. The van der Waals surface area contributed by atoms with E-state index in [0.29, 0.717) is 29.2 Å². The lowest BCUT2D eigenvalue weighted by Gasteiger charge is -2.12. The van der Waals surface area contributed by atoms with E-state index in [4.69, 9.17) is 0 Å². The second-order valence-electron chi connectivity index (χ2n) is 8.55. The van der Waals surface area contributed by atoms with Gasteiger partial charge >= 0.3 is 5.97 Å². The minimum atomic E-state index is -1.51. The van der Waals surface area contributed by atoms with Crippen molar-refractivity contribution < 1.29 is 19.0 Å². The molecule has 0 bridgehead atoms. The minimum Gasteiger partial charge on any atom is -0.478 e. The predicted molar refractivity (Wildman–Crippen MR) is 140 cm³/mol. The first kappa shape index (κ1) is 25.9. The van der Waals surface area contributed by atoms with Crippen molar-refractivity contribution in [3.8, 4) is 11.1 Å². The molecule has 0 saturated carbocycles. The second kappa shape index (κ2) is 11.7. The van der Waals surface area contributed by atoms with Gasteiger partial charge in [-0.2, -0.15) is 0 Å². The fraction of sp³-hybridized carbons (Fsp3) is 0.222. The molecule has 0 amide bonds. The summed E-state index contributed by atoms with van der Waals surface area (Å²) in [6.07, 6.45) is 2.59. The summed E-state index contributed by atoms with van der Waals surface area (Å²) in [5.41, 5.74) is 3.28. The molecule has 9 nitrogen and oxygen atoms in total. The average Bonchev–Trinajstić information content (AvgIpc) is 3.30. The van der Waals surface area contributed by atoms with Crippen molar-refractivity contribution in [2.45, 2.75) is 43.6 Å². The first-order valence-electron chi connectivity index (χ1n) is 11.8. The molecule has 1 heterocycles. The number of non-ortho nitro benzene ring substituents is 1. The van der Waals surface area contributed by atoms with Gasteiger partial charge in [-0.05, 0) is 34.7 Å². The van der Waals surface area contributed by atoms with Crippen LogP contribution in [0, 0.1) is 10.1 Å². The number of aryl methyl sites for hydroxylation is 1. The van der Waals surface area contributed by atoms with Crippen molar-refractivity contribution in [1.82, 2.24) is 14.8 Å². The summed E-state index contributed by atoms with van der Waals surface area (Å²) in [4.78, 5) is 22.0. The molecule has 0 aliphatic carbocycles. The van der Waals surface area contributed by atoms with Crippen molar-refractivity contribution in [3.05, 3.63) is 105 Å². The highest BCUT2D eigenvalue weighted by atomic mass is 32.2. The highest BCUT2D eigenvalue weighted by Gasteiger charge is 2.19. The minimum absolute atomic E-state index is 0.0195. The highest BCUT2D eigenvalue weighted by molar-refractivity contribution is 7.84. The maximum Gasteiger partial charge on any atom is 0.336 e. The van der Waals surface area contributed by atoms with Crippen molar-refractivity contribution >= 4 is 22.5 Å². The molecule has 0 aliphatic rings. The fourth-order valence-electron chi connectivity index (χ4n) is 3.99. The lowest BCUT2D eigenvalue weighted by atomic mass is 9.99. The Bertz CT molecular complexity index is 1430. The first-order valence-corrected chi connectivity index (χ1v) is 13.1. The summed E-state index contributed by atoms with van der Waals surface area (Å²) in [6.45, 7) is 2.50. The molecular weight excluding hydrogens is 492 g/mol. The molecular formula is C27H26N4O5S. The Morgan fingerprint density at radius 2 is 1.68 bits per heavy atom. The molecule has 4 aromatic rings. The van der Waals surface area contributed by atoms with Crippen molar-refractivity contribution in [3.63, 3.8) is 0 Å². The number of unbranched alkanes of at least 4 members (excludes halogenated alkanes) is 1. The van der Waals surface area contributed by atoms with Gasteiger partial charge in [0, 0.05) is 18.6 Å². The zero-order valence-electron chi connectivity index (χ0n) is 20.2. The van der Waals surface area contributed by atoms with Crippen molar-refractivity contribution in [2.75, 3.05) is 0 Å². The number of carboxylic acids is 1. The van der Waals surface area contributed by atoms with Crippen molar-refractivity contribution in [1.29, 1.82) is 0 Å². The molecule has 0 saturated heterocycles. The van der Waals surface area contributed by atoms with E-state index in [9.17, 15) is 24.2 Å². The van der Waals surface area contributed by atoms with Crippen molar-refractivity contribution in [2.24, 2.45) is 0 Å². The van der Waals surface area contributed by atoms with Gasteiger partial charge in [0.25, 0.3) is 5.69 Å². The maximum absolute atomic E-state index is 13.3. The summed E-state index contributed by atoms with van der Waals surface area (Å²) in [7, 11) is -1.51. The van der Waals surface area contributed by atoms with Gasteiger partial charge in [0.1, 0.15) is 5.82 Å². The number of carbonyl (C=O) groups is 1. The van der Waals surface area contributed by atoms with Crippen LogP contribution in [0.25, 0.3) is 11.1 Å². The SMILES string of the molecule is CCCCc1nnc(S(=O)Cc2ccc([N+](=O)[O-])cc2)n1Cc1ccc(-c2ccccc2C(=O)O)cc1. The van der Waals surface area contributed by atoms with E-state index in [-0.39, 0.29) is 17.0 Å². The summed E-state index contributed by atoms with van der Waals surface area (Å²) in [5, 5.41) is 29.3. The van der Waals surface area contributed by atoms with E-state index in [1.165, 1.54) is 12.1 Å². The highest BCUT2D eigenvalue weighted by Crippen LogP contribution is 2.25. The van der Waals surface area contributed by atoms with Crippen LogP contribution in [-0.2, 0) is 29.5 Å². The van der Waals surface area contributed by atoms with Gasteiger partial charge in [0.15, 0.2) is 0 Å². The summed E-state index contributed by atoms with van der Waals surface area (Å²) < 4.78 is 15.1. The number of aromatic nitrogens is 3. The fourth-order valence-corrected chi connectivity index (χ4v) is 5.16. The Morgan fingerprint density at radius 1 is 1.00 bits per heavy atom. The van der Waals surface area contributed by atoms with Crippen LogP contribution in [0.2, 0.25) is 0 Å². The second-order valence-corrected chi connectivity index (χ2v) is 9.89. The number of rotatable bonds is 11. The van der Waals surface area contributed by atoms with E-state index >= 15 is 0 Å². The van der Waals surface area contributed by atoms with Gasteiger partial charge in [-0.1, -0.05) is 67.9 Å². The van der Waals surface area contributed by atoms with Gasteiger partial charge < -0.3 is 5.11 Å². The Hall–Kier alpha value is -4.18. The lowest BCUT2D eigenvalue weighted by molar-refractivity contribution is -0.384. The molecule has 1 aromatic heterocycles. The first-order chi connectivity index (χ1) is 17.9. The Balaban J connectivity index is 1.59. The maximum atomic E-state index is 13.3. The number of benzene rings is 3. The number of hydrogen-bond donors (Lipinski definition) is 1. The molecule has 0 radical (unpaired) electrons. The number of nitro groups is 1.